The smallest absolute Gasteiger partial charge is 0.123 e. The summed E-state index contributed by atoms with van der Waals surface area (Å²) in [5.74, 6) is -0.200. The Labute approximate surface area is 142 Å². The van der Waals surface area contributed by atoms with Crippen LogP contribution in [0.15, 0.2) is 36.7 Å². The number of ether oxygens (including phenoxy) is 1. The van der Waals surface area contributed by atoms with E-state index in [9.17, 15) is 4.39 Å². The molecule has 0 saturated carbocycles. The van der Waals surface area contributed by atoms with Gasteiger partial charge in [-0.15, -0.1) is 0 Å². The van der Waals surface area contributed by atoms with Crippen LogP contribution in [0, 0.1) is 5.82 Å². The van der Waals surface area contributed by atoms with Gasteiger partial charge in [0.05, 0.1) is 24.9 Å². The Hall–Kier alpha value is -1.76. The molecule has 1 aromatic carbocycles. The zero-order valence-electron chi connectivity index (χ0n) is 14.3. The molecule has 2 heterocycles. The summed E-state index contributed by atoms with van der Waals surface area (Å²) in [5, 5.41) is 7.71. The topological polar surface area (TPSA) is 42.3 Å². The molecule has 0 amide bonds. The van der Waals surface area contributed by atoms with Gasteiger partial charge >= 0.3 is 0 Å². The van der Waals surface area contributed by atoms with Crippen molar-refractivity contribution in [2.75, 3.05) is 26.2 Å². The molecule has 6 heteroatoms. The van der Waals surface area contributed by atoms with Crippen LogP contribution in [0.4, 0.5) is 4.39 Å². The maximum Gasteiger partial charge on any atom is 0.123 e. The van der Waals surface area contributed by atoms with Crippen LogP contribution in [0.25, 0.3) is 0 Å². The third kappa shape index (κ3) is 4.01. The second-order valence-corrected chi connectivity index (χ2v) is 6.19. The van der Waals surface area contributed by atoms with Crippen LogP contribution in [0.5, 0.6) is 0 Å². The van der Waals surface area contributed by atoms with E-state index in [1.54, 1.807) is 12.1 Å². The monoisotopic (exact) mass is 332 g/mol. The molecule has 24 heavy (non-hydrogen) atoms. The number of aromatic nitrogens is 2. The van der Waals surface area contributed by atoms with Gasteiger partial charge in [0.1, 0.15) is 5.82 Å². The van der Waals surface area contributed by atoms with Crippen molar-refractivity contribution < 1.29 is 9.13 Å². The van der Waals surface area contributed by atoms with Gasteiger partial charge in [-0.1, -0.05) is 19.1 Å². The molecule has 1 aromatic heterocycles. The zero-order valence-corrected chi connectivity index (χ0v) is 14.3. The van der Waals surface area contributed by atoms with Crippen molar-refractivity contribution in [3.05, 3.63) is 53.6 Å². The fourth-order valence-corrected chi connectivity index (χ4v) is 3.34. The van der Waals surface area contributed by atoms with Crippen molar-refractivity contribution in [2.24, 2.45) is 7.05 Å². The molecule has 1 fully saturated rings. The fourth-order valence-electron chi connectivity index (χ4n) is 3.34. The molecular formula is C18H25FN4O. The zero-order chi connectivity index (χ0) is 16.9. The number of nitrogens with one attached hydrogen (secondary N) is 1. The van der Waals surface area contributed by atoms with Gasteiger partial charge in [-0.25, -0.2) is 4.39 Å². The van der Waals surface area contributed by atoms with Crippen LogP contribution in [0.1, 0.15) is 24.1 Å². The number of aryl methyl sites for hydroxylation is 1. The summed E-state index contributed by atoms with van der Waals surface area (Å²) in [4.78, 5) is 2.43. The predicted molar refractivity (Wildman–Crippen MR) is 91.0 cm³/mol. The van der Waals surface area contributed by atoms with E-state index in [0.717, 1.165) is 25.3 Å². The van der Waals surface area contributed by atoms with Gasteiger partial charge in [0.2, 0.25) is 0 Å². The number of hydrogen-bond donors (Lipinski definition) is 1. The van der Waals surface area contributed by atoms with Crippen molar-refractivity contribution in [3.8, 4) is 0 Å². The molecule has 0 radical (unpaired) electrons. The number of benzene rings is 1. The van der Waals surface area contributed by atoms with Crippen LogP contribution < -0.4 is 5.32 Å². The predicted octanol–water partition coefficient (Wildman–Crippen LogP) is 2.11. The van der Waals surface area contributed by atoms with E-state index >= 15 is 0 Å². The first-order valence-corrected chi connectivity index (χ1v) is 8.46. The Kier molecular flexibility index (Phi) is 5.60. The highest BCUT2D eigenvalue weighted by Crippen LogP contribution is 2.28. The summed E-state index contributed by atoms with van der Waals surface area (Å²) in [7, 11) is 1.93. The summed E-state index contributed by atoms with van der Waals surface area (Å²) >= 11 is 0. The van der Waals surface area contributed by atoms with Gasteiger partial charge in [0, 0.05) is 38.4 Å². The number of halogens is 1. The molecular weight excluding hydrogens is 307 g/mol. The lowest BCUT2D eigenvalue weighted by atomic mass is 10.0. The number of hydrogen-bond acceptors (Lipinski definition) is 4. The summed E-state index contributed by atoms with van der Waals surface area (Å²) in [6, 6.07) is 6.88. The average molecular weight is 332 g/mol. The summed E-state index contributed by atoms with van der Waals surface area (Å²) in [6.07, 6.45) is 4.03. The van der Waals surface area contributed by atoms with E-state index in [4.69, 9.17) is 4.74 Å². The molecule has 1 N–H and O–H groups in total. The first-order chi connectivity index (χ1) is 11.7. The summed E-state index contributed by atoms with van der Waals surface area (Å²) in [5.41, 5.74) is 2.12. The molecule has 5 nitrogen and oxygen atoms in total. The molecule has 1 aliphatic rings. The van der Waals surface area contributed by atoms with Gasteiger partial charge in [-0.05, 0) is 24.2 Å². The summed E-state index contributed by atoms with van der Waals surface area (Å²) < 4.78 is 21.1. The van der Waals surface area contributed by atoms with Crippen LogP contribution in [-0.2, 0) is 18.3 Å². The maximum absolute atomic E-state index is 13.3. The molecule has 2 aromatic rings. The molecule has 0 bridgehead atoms. The lowest BCUT2D eigenvalue weighted by Crippen LogP contribution is -2.48. The van der Waals surface area contributed by atoms with Gasteiger partial charge in [-0.3, -0.25) is 9.58 Å². The van der Waals surface area contributed by atoms with E-state index < -0.39 is 0 Å². The van der Waals surface area contributed by atoms with E-state index in [-0.39, 0.29) is 18.0 Å². The van der Waals surface area contributed by atoms with Crippen molar-refractivity contribution in [1.82, 2.24) is 20.0 Å². The Bertz CT molecular complexity index is 660. The van der Waals surface area contributed by atoms with E-state index in [0.29, 0.717) is 13.1 Å². The number of nitrogens with zero attached hydrogens (tertiary/aromatic N) is 3. The average Bonchev–Trinajstić information content (AvgIpc) is 3.00. The SMILES string of the molecule is CCN1CCO[C@@H](CNCc2cccc(F)c2)[C@@H]1c1cnn(C)c1. The standard InChI is InChI=1S/C18H25FN4O/c1-3-23-7-8-24-17(18(23)15-11-21-22(2)13-15)12-20-10-14-5-4-6-16(19)9-14/h4-6,9,11,13,17-18,20H,3,7-8,10,12H2,1-2H3/t17-,18-/m0/s1. The Balaban J connectivity index is 1.65. The number of rotatable bonds is 6. The first-order valence-electron chi connectivity index (χ1n) is 8.46. The van der Waals surface area contributed by atoms with Gasteiger partial charge in [0.15, 0.2) is 0 Å². The Morgan fingerprint density at radius 2 is 2.29 bits per heavy atom. The van der Waals surface area contributed by atoms with Crippen LogP contribution in [-0.4, -0.2) is 47.0 Å². The van der Waals surface area contributed by atoms with E-state index in [1.165, 1.54) is 11.6 Å². The summed E-state index contributed by atoms with van der Waals surface area (Å²) in [6.45, 7) is 6.15. The minimum absolute atomic E-state index is 0.0523. The van der Waals surface area contributed by atoms with Crippen LogP contribution in [0.2, 0.25) is 0 Å². The van der Waals surface area contributed by atoms with E-state index in [2.05, 4.69) is 28.4 Å². The Morgan fingerprint density at radius 1 is 1.42 bits per heavy atom. The highest BCUT2D eigenvalue weighted by molar-refractivity contribution is 5.17. The molecule has 130 valence electrons. The minimum atomic E-state index is -0.200. The van der Waals surface area contributed by atoms with E-state index in [1.807, 2.05) is 24.0 Å². The molecule has 2 atom stereocenters. The molecule has 1 saturated heterocycles. The molecule has 0 spiro atoms. The lowest BCUT2D eigenvalue weighted by molar-refractivity contribution is -0.0695. The first kappa shape index (κ1) is 17.1. The molecule has 3 rings (SSSR count). The second-order valence-electron chi connectivity index (χ2n) is 6.19. The highest BCUT2D eigenvalue weighted by Gasteiger charge is 2.33. The van der Waals surface area contributed by atoms with Crippen molar-refractivity contribution in [3.63, 3.8) is 0 Å². The van der Waals surface area contributed by atoms with Crippen LogP contribution >= 0.6 is 0 Å². The van der Waals surface area contributed by atoms with Gasteiger partial charge in [-0.2, -0.15) is 5.10 Å². The Morgan fingerprint density at radius 3 is 3.00 bits per heavy atom. The fraction of sp³-hybridized carbons (Fsp3) is 0.500. The number of likely N-dealkylation sites (N-methyl/N-ethyl adjacent to an activating group) is 1. The minimum Gasteiger partial charge on any atom is -0.374 e. The second kappa shape index (κ2) is 7.88. The molecule has 0 unspecified atom stereocenters. The van der Waals surface area contributed by atoms with Crippen molar-refractivity contribution >= 4 is 0 Å². The molecule has 0 aliphatic carbocycles. The third-order valence-corrected chi connectivity index (χ3v) is 4.49. The molecule has 1 aliphatic heterocycles. The van der Waals surface area contributed by atoms with Crippen molar-refractivity contribution in [1.29, 1.82) is 0 Å². The normalized spacial score (nSPS) is 22.0. The highest BCUT2D eigenvalue weighted by atomic mass is 19.1. The van der Waals surface area contributed by atoms with Crippen LogP contribution in [0.3, 0.4) is 0 Å². The third-order valence-electron chi connectivity index (χ3n) is 4.49. The lowest BCUT2D eigenvalue weighted by Gasteiger charge is -2.40. The van der Waals surface area contributed by atoms with Gasteiger partial charge < -0.3 is 10.1 Å². The van der Waals surface area contributed by atoms with Crippen molar-refractivity contribution in [2.45, 2.75) is 25.6 Å². The number of morpholine rings is 1. The quantitative estimate of drug-likeness (QED) is 0.880. The van der Waals surface area contributed by atoms with Gasteiger partial charge in [0.25, 0.3) is 0 Å². The maximum atomic E-state index is 13.3. The largest absolute Gasteiger partial charge is 0.374 e.